The van der Waals surface area contributed by atoms with E-state index in [2.05, 4.69) is 25.2 Å². The molecule has 7 heteroatoms. The molecule has 102 valence electrons. The first kappa shape index (κ1) is 12.3. The highest BCUT2D eigenvalue weighted by molar-refractivity contribution is 4.96. The van der Waals surface area contributed by atoms with Gasteiger partial charge in [-0.05, 0) is 26.3 Å². The quantitative estimate of drug-likeness (QED) is 0.828. The van der Waals surface area contributed by atoms with Crippen LogP contribution in [0.3, 0.4) is 0 Å². The summed E-state index contributed by atoms with van der Waals surface area (Å²) in [5.74, 6) is 3.01. The first-order valence-corrected chi connectivity index (χ1v) is 6.52. The number of aromatic nitrogens is 4. The van der Waals surface area contributed by atoms with E-state index < -0.39 is 0 Å². The monoisotopic (exact) mass is 263 g/mol. The highest BCUT2D eigenvalue weighted by Gasteiger charge is 2.26. The van der Waals surface area contributed by atoms with Gasteiger partial charge in [0.25, 0.3) is 0 Å². The average Bonchev–Trinajstić information content (AvgIpc) is 2.99. The van der Waals surface area contributed by atoms with Crippen LogP contribution in [-0.2, 0) is 6.54 Å². The molecular formula is C12H17N5O2. The normalized spacial score (nSPS) is 20.8. The third-order valence-electron chi connectivity index (χ3n) is 3.32. The minimum absolute atomic E-state index is 0.305. The minimum atomic E-state index is 0.305. The summed E-state index contributed by atoms with van der Waals surface area (Å²) in [6.45, 7) is 6.25. The summed E-state index contributed by atoms with van der Waals surface area (Å²) in [6, 6.07) is 0. The van der Waals surface area contributed by atoms with Gasteiger partial charge in [-0.15, -0.1) is 10.2 Å². The molecule has 0 radical (unpaired) electrons. The Labute approximate surface area is 111 Å². The molecule has 0 unspecified atom stereocenters. The number of aryl methyl sites for hydroxylation is 2. The Bertz CT molecular complexity index is 550. The molecule has 0 aromatic carbocycles. The Morgan fingerprint density at radius 3 is 2.89 bits per heavy atom. The molecular weight excluding hydrogens is 246 g/mol. The molecule has 0 amide bonds. The molecule has 0 aliphatic carbocycles. The SMILES string of the molecule is Cc1noc([C@@H]2CCCN(Cc3nnc(C)o3)C2)n1. The van der Waals surface area contributed by atoms with Gasteiger partial charge in [-0.2, -0.15) is 4.98 Å². The lowest BCUT2D eigenvalue weighted by Crippen LogP contribution is -2.34. The summed E-state index contributed by atoms with van der Waals surface area (Å²) in [4.78, 5) is 6.62. The van der Waals surface area contributed by atoms with Crippen LogP contribution in [0, 0.1) is 13.8 Å². The summed E-state index contributed by atoms with van der Waals surface area (Å²) in [7, 11) is 0. The van der Waals surface area contributed by atoms with Crippen molar-refractivity contribution in [2.75, 3.05) is 13.1 Å². The second kappa shape index (κ2) is 5.08. The lowest BCUT2D eigenvalue weighted by Gasteiger charge is -2.29. The van der Waals surface area contributed by atoms with E-state index in [0.29, 0.717) is 30.1 Å². The standard InChI is InChI=1S/C12H17N5O2/c1-8-13-12(19-16-8)10-4-3-5-17(6-10)7-11-15-14-9(2)18-11/h10H,3-7H2,1-2H3/t10-/m1/s1. The number of hydrogen-bond donors (Lipinski definition) is 0. The number of nitrogens with zero attached hydrogens (tertiary/aromatic N) is 5. The van der Waals surface area contributed by atoms with Crippen LogP contribution in [0.25, 0.3) is 0 Å². The zero-order chi connectivity index (χ0) is 13.2. The average molecular weight is 263 g/mol. The van der Waals surface area contributed by atoms with Crippen molar-refractivity contribution in [3.05, 3.63) is 23.5 Å². The second-order valence-electron chi connectivity index (χ2n) is 4.97. The molecule has 19 heavy (non-hydrogen) atoms. The van der Waals surface area contributed by atoms with Crippen molar-refractivity contribution in [2.24, 2.45) is 0 Å². The molecule has 1 fully saturated rings. The van der Waals surface area contributed by atoms with Crippen LogP contribution in [0.4, 0.5) is 0 Å². The Morgan fingerprint density at radius 1 is 1.32 bits per heavy atom. The summed E-state index contributed by atoms with van der Waals surface area (Å²) in [5, 5.41) is 11.7. The summed E-state index contributed by atoms with van der Waals surface area (Å²) in [6.07, 6.45) is 2.19. The van der Waals surface area contributed by atoms with E-state index in [1.165, 1.54) is 0 Å². The first-order chi connectivity index (χ1) is 9.20. The fourth-order valence-corrected chi connectivity index (χ4v) is 2.47. The second-order valence-corrected chi connectivity index (χ2v) is 4.97. The Kier molecular flexibility index (Phi) is 3.29. The van der Waals surface area contributed by atoms with E-state index in [-0.39, 0.29) is 0 Å². The first-order valence-electron chi connectivity index (χ1n) is 6.52. The number of piperidine rings is 1. The maximum atomic E-state index is 5.42. The van der Waals surface area contributed by atoms with Crippen LogP contribution in [0.5, 0.6) is 0 Å². The predicted molar refractivity (Wildman–Crippen MR) is 65.3 cm³/mol. The molecule has 1 saturated heterocycles. The van der Waals surface area contributed by atoms with Crippen molar-refractivity contribution in [1.82, 2.24) is 25.2 Å². The van der Waals surface area contributed by atoms with Gasteiger partial charge in [0, 0.05) is 13.5 Å². The largest absolute Gasteiger partial charge is 0.424 e. The van der Waals surface area contributed by atoms with Crippen molar-refractivity contribution < 1.29 is 8.94 Å². The topological polar surface area (TPSA) is 81.1 Å². The van der Waals surface area contributed by atoms with Crippen LogP contribution < -0.4 is 0 Å². The Hall–Kier alpha value is -1.76. The van der Waals surface area contributed by atoms with Crippen LogP contribution >= 0.6 is 0 Å². The summed E-state index contributed by atoms with van der Waals surface area (Å²) < 4.78 is 10.7. The van der Waals surface area contributed by atoms with Crippen molar-refractivity contribution in [3.63, 3.8) is 0 Å². The van der Waals surface area contributed by atoms with Crippen LogP contribution in [0.15, 0.2) is 8.94 Å². The molecule has 7 nitrogen and oxygen atoms in total. The Balaban J connectivity index is 1.64. The third-order valence-corrected chi connectivity index (χ3v) is 3.32. The minimum Gasteiger partial charge on any atom is -0.424 e. The van der Waals surface area contributed by atoms with Gasteiger partial charge in [0.2, 0.25) is 17.7 Å². The number of hydrogen-bond acceptors (Lipinski definition) is 7. The van der Waals surface area contributed by atoms with E-state index >= 15 is 0 Å². The molecule has 0 spiro atoms. The molecule has 3 heterocycles. The van der Waals surface area contributed by atoms with Crippen molar-refractivity contribution in [1.29, 1.82) is 0 Å². The van der Waals surface area contributed by atoms with E-state index in [1.807, 2.05) is 6.92 Å². The molecule has 2 aromatic rings. The lowest BCUT2D eigenvalue weighted by molar-refractivity contribution is 0.166. The molecule has 3 rings (SSSR count). The van der Waals surface area contributed by atoms with E-state index in [0.717, 1.165) is 31.8 Å². The van der Waals surface area contributed by atoms with Gasteiger partial charge in [0.1, 0.15) is 0 Å². The van der Waals surface area contributed by atoms with E-state index in [4.69, 9.17) is 8.94 Å². The molecule has 1 atom stereocenters. The third kappa shape index (κ3) is 2.81. The number of likely N-dealkylation sites (tertiary alicyclic amines) is 1. The van der Waals surface area contributed by atoms with E-state index in [1.54, 1.807) is 6.92 Å². The number of rotatable bonds is 3. The molecule has 0 N–H and O–H groups in total. The summed E-state index contributed by atoms with van der Waals surface area (Å²) >= 11 is 0. The van der Waals surface area contributed by atoms with Gasteiger partial charge in [-0.1, -0.05) is 5.16 Å². The van der Waals surface area contributed by atoms with Crippen molar-refractivity contribution in [2.45, 2.75) is 39.2 Å². The van der Waals surface area contributed by atoms with Gasteiger partial charge in [0.15, 0.2) is 5.82 Å². The van der Waals surface area contributed by atoms with Crippen LogP contribution in [-0.4, -0.2) is 38.3 Å². The molecule has 0 saturated carbocycles. The smallest absolute Gasteiger partial charge is 0.231 e. The maximum absolute atomic E-state index is 5.42. The van der Waals surface area contributed by atoms with Crippen LogP contribution in [0.1, 0.15) is 42.3 Å². The van der Waals surface area contributed by atoms with Gasteiger partial charge < -0.3 is 8.94 Å². The van der Waals surface area contributed by atoms with E-state index in [9.17, 15) is 0 Å². The van der Waals surface area contributed by atoms with Gasteiger partial charge in [0.05, 0.1) is 12.5 Å². The predicted octanol–water partition coefficient (Wildman–Crippen LogP) is 1.45. The fourth-order valence-electron chi connectivity index (χ4n) is 2.47. The molecule has 0 bridgehead atoms. The highest BCUT2D eigenvalue weighted by Crippen LogP contribution is 2.26. The van der Waals surface area contributed by atoms with Gasteiger partial charge in [-0.25, -0.2) is 0 Å². The maximum Gasteiger partial charge on any atom is 0.231 e. The highest BCUT2D eigenvalue weighted by atomic mass is 16.5. The zero-order valence-corrected chi connectivity index (χ0v) is 11.2. The lowest BCUT2D eigenvalue weighted by atomic mass is 9.98. The van der Waals surface area contributed by atoms with Crippen LogP contribution in [0.2, 0.25) is 0 Å². The fraction of sp³-hybridized carbons (Fsp3) is 0.667. The van der Waals surface area contributed by atoms with Gasteiger partial charge >= 0.3 is 0 Å². The Morgan fingerprint density at radius 2 is 2.21 bits per heavy atom. The molecule has 1 aliphatic heterocycles. The van der Waals surface area contributed by atoms with Gasteiger partial charge in [-0.3, -0.25) is 4.90 Å². The van der Waals surface area contributed by atoms with Crippen molar-refractivity contribution >= 4 is 0 Å². The van der Waals surface area contributed by atoms with Crippen molar-refractivity contribution in [3.8, 4) is 0 Å². The zero-order valence-electron chi connectivity index (χ0n) is 11.2. The molecule has 1 aliphatic rings. The molecule has 2 aromatic heterocycles. The summed E-state index contributed by atoms with van der Waals surface area (Å²) in [5.41, 5.74) is 0.